The van der Waals surface area contributed by atoms with Crippen molar-refractivity contribution in [2.45, 2.75) is 76.7 Å². The van der Waals surface area contributed by atoms with E-state index in [-0.39, 0.29) is 0 Å². The zero-order valence-electron chi connectivity index (χ0n) is 9.30. The molecule has 0 amide bonds. The Kier molecular flexibility index (Phi) is 6.63. The van der Waals surface area contributed by atoms with Gasteiger partial charge in [-0.05, 0) is 12.8 Å². The molecule has 2 nitrogen and oxygen atoms in total. The standard InChI is InChI=1S/C12H24N2/c13-14-12-10-8-6-4-2-1-3-5-7-9-11-12/h12-13H,1-11H2. The molecule has 0 spiro atoms. The van der Waals surface area contributed by atoms with E-state index in [1.165, 1.54) is 57.8 Å². The van der Waals surface area contributed by atoms with Gasteiger partial charge in [0.2, 0.25) is 0 Å². The highest BCUT2D eigenvalue weighted by atomic mass is 15.0. The Balaban J connectivity index is 2.20. The summed E-state index contributed by atoms with van der Waals surface area (Å²) >= 11 is 0. The van der Waals surface area contributed by atoms with Crippen LogP contribution in [-0.4, -0.2) is 6.04 Å². The molecule has 82 valence electrons. The first-order valence-electron chi connectivity index (χ1n) is 6.30. The van der Waals surface area contributed by atoms with Crippen LogP contribution in [0, 0.1) is 5.53 Å². The van der Waals surface area contributed by atoms with Gasteiger partial charge >= 0.3 is 0 Å². The van der Waals surface area contributed by atoms with Gasteiger partial charge in [0.05, 0.1) is 6.04 Å². The average Bonchev–Trinajstić information content (AvgIpc) is 2.19. The quantitative estimate of drug-likeness (QED) is 0.591. The SMILES string of the molecule is N=NC1CCCCCCCCCCC1. The zero-order chi connectivity index (χ0) is 10.1. The van der Waals surface area contributed by atoms with E-state index < -0.39 is 0 Å². The summed E-state index contributed by atoms with van der Waals surface area (Å²) in [5.74, 6) is 0. The Hall–Kier alpha value is -0.400. The molecule has 1 aliphatic carbocycles. The van der Waals surface area contributed by atoms with Crippen LogP contribution < -0.4 is 0 Å². The molecule has 0 unspecified atom stereocenters. The van der Waals surface area contributed by atoms with Gasteiger partial charge in [-0.3, -0.25) is 0 Å². The van der Waals surface area contributed by atoms with E-state index in [4.69, 9.17) is 5.53 Å². The molecule has 2 heteroatoms. The van der Waals surface area contributed by atoms with Gasteiger partial charge in [0.15, 0.2) is 0 Å². The fourth-order valence-electron chi connectivity index (χ4n) is 2.27. The Morgan fingerprint density at radius 3 is 1.36 bits per heavy atom. The number of nitrogens with zero attached hydrogens (tertiary/aromatic N) is 1. The normalized spacial score (nSPS) is 23.4. The summed E-state index contributed by atoms with van der Waals surface area (Å²) in [6, 6.07) is 0.342. The predicted molar refractivity (Wildman–Crippen MR) is 59.7 cm³/mol. The van der Waals surface area contributed by atoms with E-state index in [9.17, 15) is 0 Å². The molecule has 14 heavy (non-hydrogen) atoms. The molecule has 0 saturated heterocycles. The summed E-state index contributed by atoms with van der Waals surface area (Å²) in [5, 5.41) is 3.73. The molecule has 1 N–H and O–H groups in total. The predicted octanol–water partition coefficient (Wildman–Crippen LogP) is 4.69. The molecule has 1 saturated carbocycles. The summed E-state index contributed by atoms with van der Waals surface area (Å²) in [4.78, 5) is 0. The van der Waals surface area contributed by atoms with Crippen molar-refractivity contribution in [2.24, 2.45) is 5.11 Å². The Labute approximate surface area is 88.0 Å². The average molecular weight is 196 g/mol. The second kappa shape index (κ2) is 7.95. The lowest BCUT2D eigenvalue weighted by atomic mass is 9.98. The lowest BCUT2D eigenvalue weighted by molar-refractivity contribution is 0.453. The highest BCUT2D eigenvalue weighted by molar-refractivity contribution is 4.64. The summed E-state index contributed by atoms with van der Waals surface area (Å²) in [6.45, 7) is 0. The molecule has 1 rings (SSSR count). The van der Waals surface area contributed by atoms with Crippen LogP contribution in [0.15, 0.2) is 5.11 Å². The minimum Gasteiger partial charge on any atom is -0.210 e. The second-order valence-electron chi connectivity index (χ2n) is 4.54. The van der Waals surface area contributed by atoms with Crippen molar-refractivity contribution in [1.29, 1.82) is 5.53 Å². The van der Waals surface area contributed by atoms with Gasteiger partial charge < -0.3 is 0 Å². The Morgan fingerprint density at radius 1 is 0.643 bits per heavy atom. The van der Waals surface area contributed by atoms with Gasteiger partial charge in [-0.1, -0.05) is 57.8 Å². The van der Waals surface area contributed by atoms with Gasteiger partial charge in [-0.25, -0.2) is 5.53 Å². The fraction of sp³-hybridized carbons (Fsp3) is 1.00. The fourth-order valence-corrected chi connectivity index (χ4v) is 2.27. The molecule has 0 aliphatic heterocycles. The van der Waals surface area contributed by atoms with Crippen LogP contribution in [0.1, 0.15) is 70.6 Å². The van der Waals surface area contributed by atoms with E-state index in [0.717, 1.165) is 12.8 Å². The summed E-state index contributed by atoms with van der Waals surface area (Å²) in [7, 11) is 0. The monoisotopic (exact) mass is 196 g/mol. The Bertz CT molecular complexity index is 133. The molecule has 0 aromatic heterocycles. The van der Waals surface area contributed by atoms with Crippen molar-refractivity contribution < 1.29 is 0 Å². The molecule has 0 aromatic rings. The van der Waals surface area contributed by atoms with Gasteiger partial charge in [0, 0.05) is 0 Å². The van der Waals surface area contributed by atoms with E-state index in [1.807, 2.05) is 0 Å². The number of hydrogen-bond donors (Lipinski definition) is 1. The molecular formula is C12H24N2. The van der Waals surface area contributed by atoms with Crippen molar-refractivity contribution >= 4 is 0 Å². The lowest BCUT2D eigenvalue weighted by Crippen LogP contribution is -2.03. The molecule has 1 fully saturated rings. The molecule has 0 radical (unpaired) electrons. The van der Waals surface area contributed by atoms with E-state index in [0.29, 0.717) is 6.04 Å². The first kappa shape index (κ1) is 11.7. The van der Waals surface area contributed by atoms with Crippen molar-refractivity contribution in [2.75, 3.05) is 0 Å². The zero-order valence-corrected chi connectivity index (χ0v) is 9.30. The van der Waals surface area contributed by atoms with Crippen LogP contribution in [-0.2, 0) is 0 Å². The minimum absolute atomic E-state index is 0.342. The third-order valence-electron chi connectivity index (χ3n) is 3.26. The topological polar surface area (TPSA) is 36.2 Å². The molecule has 0 atom stereocenters. The van der Waals surface area contributed by atoms with Crippen molar-refractivity contribution in [3.8, 4) is 0 Å². The first-order chi connectivity index (χ1) is 6.93. The summed E-state index contributed by atoms with van der Waals surface area (Å²) in [6.07, 6.45) is 14.7. The third-order valence-corrected chi connectivity index (χ3v) is 3.26. The van der Waals surface area contributed by atoms with Crippen molar-refractivity contribution in [1.82, 2.24) is 0 Å². The number of nitrogens with one attached hydrogen (secondary N) is 1. The second-order valence-corrected chi connectivity index (χ2v) is 4.54. The smallest absolute Gasteiger partial charge is 0.0705 e. The minimum atomic E-state index is 0.342. The van der Waals surface area contributed by atoms with E-state index in [2.05, 4.69) is 5.11 Å². The number of hydrogen-bond acceptors (Lipinski definition) is 2. The molecule has 0 aromatic carbocycles. The summed E-state index contributed by atoms with van der Waals surface area (Å²) in [5.41, 5.74) is 7.11. The molecule has 0 bridgehead atoms. The van der Waals surface area contributed by atoms with E-state index in [1.54, 1.807) is 0 Å². The maximum atomic E-state index is 7.11. The van der Waals surface area contributed by atoms with Gasteiger partial charge in [0.1, 0.15) is 0 Å². The van der Waals surface area contributed by atoms with E-state index >= 15 is 0 Å². The van der Waals surface area contributed by atoms with Crippen LogP contribution in [0.25, 0.3) is 0 Å². The highest BCUT2D eigenvalue weighted by Crippen LogP contribution is 2.18. The Morgan fingerprint density at radius 2 is 1.00 bits per heavy atom. The largest absolute Gasteiger partial charge is 0.210 e. The number of rotatable bonds is 1. The first-order valence-corrected chi connectivity index (χ1v) is 6.30. The molecular weight excluding hydrogens is 172 g/mol. The maximum absolute atomic E-state index is 7.11. The molecule has 1 aliphatic rings. The van der Waals surface area contributed by atoms with Crippen molar-refractivity contribution in [3.05, 3.63) is 0 Å². The highest BCUT2D eigenvalue weighted by Gasteiger charge is 2.06. The van der Waals surface area contributed by atoms with Crippen LogP contribution in [0.5, 0.6) is 0 Å². The van der Waals surface area contributed by atoms with Crippen LogP contribution >= 0.6 is 0 Å². The third kappa shape index (κ3) is 5.36. The lowest BCUT2D eigenvalue weighted by Gasteiger charge is -2.11. The van der Waals surface area contributed by atoms with Crippen LogP contribution in [0.2, 0.25) is 0 Å². The summed E-state index contributed by atoms with van der Waals surface area (Å²) < 4.78 is 0. The van der Waals surface area contributed by atoms with Gasteiger partial charge in [-0.15, -0.1) is 0 Å². The maximum Gasteiger partial charge on any atom is 0.0705 e. The molecule has 0 heterocycles. The van der Waals surface area contributed by atoms with Gasteiger partial charge in [-0.2, -0.15) is 5.11 Å². The van der Waals surface area contributed by atoms with Gasteiger partial charge in [0.25, 0.3) is 0 Å². The van der Waals surface area contributed by atoms with Crippen LogP contribution in [0.3, 0.4) is 0 Å². The van der Waals surface area contributed by atoms with Crippen molar-refractivity contribution in [3.63, 3.8) is 0 Å². The van der Waals surface area contributed by atoms with Crippen LogP contribution in [0.4, 0.5) is 0 Å².